The zero-order chi connectivity index (χ0) is 39.8. The SMILES string of the molecule is C=P(c1ccccc1)(c1ccccc1)c1cccc(-c2ccc3c(c2)c2cc(-c4cccc(P(=C)(c5ccccc5)c5ccccc5)c4)ccc2n3-c2ccccc2)c1. The van der Waals surface area contributed by atoms with Gasteiger partial charge in [-0.1, -0.05) is 201 Å². The molecular weight excluding hydrogens is 749 g/mol. The monoisotopic (exact) mass is 791 g/mol. The van der Waals surface area contributed by atoms with E-state index < -0.39 is 13.8 Å². The molecule has 0 aliphatic carbocycles. The van der Waals surface area contributed by atoms with Gasteiger partial charge in [0.2, 0.25) is 0 Å². The molecule has 1 heterocycles. The molecule has 10 aromatic rings. The van der Waals surface area contributed by atoms with Gasteiger partial charge in [-0.2, -0.15) is 0 Å². The maximum atomic E-state index is 5.04. The highest BCUT2D eigenvalue weighted by Crippen LogP contribution is 2.45. The summed E-state index contributed by atoms with van der Waals surface area (Å²) in [7, 11) is 0. The fraction of sp³-hybridized carbons (Fsp3) is 0. The maximum absolute atomic E-state index is 5.04. The third-order valence-corrected chi connectivity index (χ3v) is 18.8. The van der Waals surface area contributed by atoms with Crippen LogP contribution in [0.25, 0.3) is 49.7 Å². The molecule has 0 atom stereocenters. The van der Waals surface area contributed by atoms with Gasteiger partial charge in [0.15, 0.2) is 0 Å². The van der Waals surface area contributed by atoms with Gasteiger partial charge < -0.3 is 4.57 Å². The summed E-state index contributed by atoms with van der Waals surface area (Å²) in [5.41, 5.74) is 8.25. The molecule has 0 fully saturated rings. The van der Waals surface area contributed by atoms with Crippen LogP contribution in [0.15, 0.2) is 237 Å². The predicted octanol–water partition coefficient (Wildman–Crippen LogP) is 11.6. The minimum Gasteiger partial charge on any atom is -0.309 e. The van der Waals surface area contributed by atoms with E-state index in [2.05, 4.69) is 241 Å². The van der Waals surface area contributed by atoms with E-state index in [1.807, 2.05) is 0 Å². The summed E-state index contributed by atoms with van der Waals surface area (Å²) in [6.07, 6.45) is 10.1. The van der Waals surface area contributed by atoms with Crippen LogP contribution in [0.4, 0.5) is 0 Å². The van der Waals surface area contributed by atoms with E-state index in [1.54, 1.807) is 0 Å². The van der Waals surface area contributed by atoms with Crippen molar-refractivity contribution >= 4 is 80.0 Å². The number of benzene rings is 9. The molecule has 1 aromatic heterocycles. The summed E-state index contributed by atoms with van der Waals surface area (Å²) in [6, 6.07) is 86.1. The first-order valence-corrected chi connectivity index (χ1v) is 24.0. The molecular formula is C56H43NP2. The number of rotatable bonds is 9. The predicted molar refractivity (Wildman–Crippen MR) is 263 cm³/mol. The summed E-state index contributed by atoms with van der Waals surface area (Å²) in [6.45, 7) is -4.30. The molecule has 282 valence electrons. The molecule has 0 aliphatic rings. The van der Waals surface area contributed by atoms with E-state index in [-0.39, 0.29) is 0 Å². The molecule has 3 heteroatoms. The Morgan fingerprint density at radius 2 is 0.576 bits per heavy atom. The fourth-order valence-corrected chi connectivity index (χ4v) is 14.6. The van der Waals surface area contributed by atoms with Crippen LogP contribution in [0.3, 0.4) is 0 Å². The van der Waals surface area contributed by atoms with Crippen molar-refractivity contribution in [3.05, 3.63) is 237 Å². The van der Waals surface area contributed by atoms with Crippen LogP contribution in [0.1, 0.15) is 0 Å². The Morgan fingerprint density at radius 3 is 0.932 bits per heavy atom. The zero-order valence-corrected chi connectivity index (χ0v) is 34.6. The van der Waals surface area contributed by atoms with Crippen molar-refractivity contribution in [1.29, 1.82) is 0 Å². The largest absolute Gasteiger partial charge is 0.309 e. The molecule has 10 rings (SSSR count). The van der Waals surface area contributed by atoms with Crippen LogP contribution < -0.4 is 31.8 Å². The van der Waals surface area contributed by atoms with Gasteiger partial charge >= 0.3 is 0 Å². The Balaban J connectivity index is 1.14. The molecule has 9 aromatic carbocycles. The zero-order valence-electron chi connectivity index (χ0n) is 32.8. The molecule has 0 amide bonds. The van der Waals surface area contributed by atoms with Crippen LogP contribution in [0.5, 0.6) is 0 Å². The molecule has 0 unspecified atom stereocenters. The van der Waals surface area contributed by atoms with Gasteiger partial charge in [0.05, 0.1) is 11.0 Å². The lowest BCUT2D eigenvalue weighted by molar-refractivity contribution is 1.18. The van der Waals surface area contributed by atoms with Crippen LogP contribution >= 0.6 is 13.8 Å². The number of hydrogen-bond acceptors (Lipinski definition) is 0. The summed E-state index contributed by atoms with van der Waals surface area (Å²) >= 11 is 0. The van der Waals surface area contributed by atoms with Crippen LogP contribution in [-0.2, 0) is 0 Å². The minimum atomic E-state index is -2.15. The van der Waals surface area contributed by atoms with Gasteiger partial charge in [-0.05, 0) is 116 Å². The van der Waals surface area contributed by atoms with Gasteiger partial charge in [-0.25, -0.2) is 0 Å². The normalized spacial score (nSPS) is 11.9. The summed E-state index contributed by atoms with van der Waals surface area (Å²) < 4.78 is 2.40. The van der Waals surface area contributed by atoms with Crippen molar-refractivity contribution in [2.45, 2.75) is 0 Å². The van der Waals surface area contributed by atoms with Crippen molar-refractivity contribution in [2.75, 3.05) is 0 Å². The highest BCUT2D eigenvalue weighted by Gasteiger charge is 2.24. The van der Waals surface area contributed by atoms with Gasteiger partial charge in [-0.15, -0.1) is 0 Å². The quantitative estimate of drug-likeness (QED) is 0.128. The van der Waals surface area contributed by atoms with E-state index in [9.17, 15) is 0 Å². The van der Waals surface area contributed by atoms with Gasteiger partial charge in [-0.3, -0.25) is 0 Å². The van der Waals surface area contributed by atoms with Crippen LogP contribution in [0.2, 0.25) is 0 Å². The number of hydrogen-bond donors (Lipinski definition) is 0. The minimum absolute atomic E-state index is 1.15. The van der Waals surface area contributed by atoms with Gasteiger partial charge in [0.1, 0.15) is 0 Å². The van der Waals surface area contributed by atoms with Crippen molar-refractivity contribution in [3.8, 4) is 27.9 Å². The molecule has 0 aliphatic heterocycles. The Labute approximate surface area is 347 Å². The van der Waals surface area contributed by atoms with E-state index in [0.29, 0.717) is 0 Å². The lowest BCUT2D eigenvalue weighted by Crippen LogP contribution is -2.25. The highest BCUT2D eigenvalue weighted by molar-refractivity contribution is 7.93. The lowest BCUT2D eigenvalue weighted by atomic mass is 10.0. The highest BCUT2D eigenvalue weighted by atomic mass is 31.2. The molecule has 0 N–H and O–H groups in total. The average molecular weight is 792 g/mol. The Kier molecular flexibility index (Phi) is 9.51. The Bertz CT molecular complexity index is 2900. The maximum Gasteiger partial charge on any atom is 0.0541 e. The summed E-state index contributed by atoms with van der Waals surface area (Å²) in [5.74, 6) is 0. The standard InChI is InChI=1S/C56H43NP2/c1-58(47-24-10-4-11-25-47,48-26-12-5-13-27-48)51-32-18-20-42(38-51)44-34-36-55-53(40-44)54-41-45(35-37-56(54)57(55)46-22-8-3-9-23-46)43-21-19-33-52(39-43)59(2,49-28-14-6-15-29-49)50-30-16-7-17-31-50/h3-41H,1-2H2. The summed E-state index contributed by atoms with van der Waals surface area (Å²) in [4.78, 5) is 0. The fourth-order valence-electron chi connectivity index (χ4n) is 8.71. The molecule has 0 saturated carbocycles. The first kappa shape index (κ1) is 36.7. The summed E-state index contributed by atoms with van der Waals surface area (Å²) in [5, 5.41) is 10.0. The smallest absolute Gasteiger partial charge is 0.0541 e. The average Bonchev–Trinajstić information content (AvgIpc) is 3.65. The third kappa shape index (κ3) is 6.45. The molecule has 0 bridgehead atoms. The van der Waals surface area contributed by atoms with E-state index in [4.69, 9.17) is 12.6 Å². The number of nitrogens with zero attached hydrogens (tertiary/aromatic N) is 1. The van der Waals surface area contributed by atoms with Crippen LogP contribution in [-0.4, -0.2) is 17.2 Å². The second-order valence-corrected chi connectivity index (χ2v) is 21.5. The Morgan fingerprint density at radius 1 is 0.271 bits per heavy atom. The van der Waals surface area contributed by atoms with E-state index in [1.165, 1.54) is 75.9 Å². The van der Waals surface area contributed by atoms with Crippen molar-refractivity contribution in [1.82, 2.24) is 4.57 Å². The van der Waals surface area contributed by atoms with E-state index in [0.717, 1.165) is 5.69 Å². The molecule has 0 radical (unpaired) electrons. The molecule has 0 spiro atoms. The van der Waals surface area contributed by atoms with Crippen molar-refractivity contribution in [2.24, 2.45) is 0 Å². The van der Waals surface area contributed by atoms with Gasteiger partial charge in [0, 0.05) is 16.5 Å². The number of aromatic nitrogens is 1. The molecule has 1 nitrogen and oxygen atoms in total. The van der Waals surface area contributed by atoms with Crippen molar-refractivity contribution in [3.63, 3.8) is 0 Å². The third-order valence-electron chi connectivity index (χ3n) is 11.8. The first-order chi connectivity index (χ1) is 29.0. The molecule has 0 saturated heterocycles. The van der Waals surface area contributed by atoms with Gasteiger partial charge in [0.25, 0.3) is 0 Å². The van der Waals surface area contributed by atoms with E-state index >= 15 is 0 Å². The second-order valence-electron chi connectivity index (χ2n) is 15.2. The first-order valence-electron chi connectivity index (χ1n) is 20.1. The number of fused-ring (bicyclic) bond motifs is 3. The second kappa shape index (κ2) is 15.3. The topological polar surface area (TPSA) is 4.93 Å². The molecule has 59 heavy (non-hydrogen) atoms. The van der Waals surface area contributed by atoms with Crippen molar-refractivity contribution < 1.29 is 0 Å². The van der Waals surface area contributed by atoms with Crippen LogP contribution in [0, 0.1) is 0 Å². The Hall–Kier alpha value is -6.62. The lowest BCUT2D eigenvalue weighted by Gasteiger charge is -2.27. The number of para-hydroxylation sites is 1.